The van der Waals surface area contributed by atoms with Crippen LogP contribution in [0.4, 0.5) is 5.69 Å². The lowest BCUT2D eigenvalue weighted by molar-refractivity contribution is -0.135. The van der Waals surface area contributed by atoms with Crippen LogP contribution in [0.25, 0.3) is 0 Å². The summed E-state index contributed by atoms with van der Waals surface area (Å²) in [5.74, 6) is 0.935. The van der Waals surface area contributed by atoms with Crippen molar-refractivity contribution in [3.05, 3.63) is 28.7 Å². The van der Waals surface area contributed by atoms with E-state index in [1.54, 1.807) is 16.7 Å². The van der Waals surface area contributed by atoms with E-state index in [9.17, 15) is 9.59 Å². The minimum absolute atomic E-state index is 0.0333. The quantitative estimate of drug-likeness (QED) is 0.805. The van der Waals surface area contributed by atoms with E-state index in [0.717, 1.165) is 22.5 Å². The highest BCUT2D eigenvalue weighted by Gasteiger charge is 2.39. The first-order chi connectivity index (χ1) is 10.1. The van der Waals surface area contributed by atoms with Crippen molar-refractivity contribution in [2.75, 3.05) is 23.7 Å². The number of carbonyl (C=O) groups is 2. The Kier molecular flexibility index (Phi) is 4.26. The Balaban J connectivity index is 1.74. The van der Waals surface area contributed by atoms with E-state index in [1.165, 1.54) is 0 Å². The van der Waals surface area contributed by atoms with Gasteiger partial charge in [0.2, 0.25) is 11.8 Å². The fourth-order valence-corrected chi connectivity index (χ4v) is 4.30. The van der Waals surface area contributed by atoms with Crippen molar-refractivity contribution in [1.82, 2.24) is 4.90 Å². The monoisotopic (exact) mass is 368 g/mol. The lowest BCUT2D eigenvalue weighted by Crippen LogP contribution is -2.39. The van der Waals surface area contributed by atoms with Gasteiger partial charge < -0.3 is 9.80 Å². The molecule has 0 aromatic heterocycles. The minimum Gasteiger partial charge on any atom is -0.330 e. The fraction of sp³-hybridized carbons (Fsp3) is 0.467. The average molecular weight is 369 g/mol. The fourth-order valence-electron chi connectivity index (χ4n) is 2.88. The van der Waals surface area contributed by atoms with Crippen LogP contribution < -0.4 is 4.90 Å². The Hall–Kier alpha value is -1.01. The Morgan fingerprint density at radius 1 is 1.43 bits per heavy atom. The lowest BCUT2D eigenvalue weighted by Gasteiger charge is -2.24. The number of halogens is 1. The maximum absolute atomic E-state index is 12.6. The third-order valence-electron chi connectivity index (χ3n) is 4.01. The molecule has 2 atom stereocenters. The van der Waals surface area contributed by atoms with Gasteiger partial charge in [-0.25, -0.2) is 0 Å². The van der Waals surface area contributed by atoms with Gasteiger partial charge in [0.05, 0.1) is 11.3 Å². The van der Waals surface area contributed by atoms with Gasteiger partial charge in [0.1, 0.15) is 0 Å². The number of carbonyl (C=O) groups excluding carboxylic acids is 2. The van der Waals surface area contributed by atoms with Crippen LogP contribution in [0.5, 0.6) is 0 Å². The number of benzene rings is 1. The topological polar surface area (TPSA) is 40.6 Å². The standard InChI is InChI=1S/C15H17BrN2O2S/c1-10-17(5-6-21-10)15(20)11-7-14(19)18(9-11)13-4-2-3-12(16)8-13/h2-4,8,10-11H,5-7,9H2,1H3. The molecule has 6 heteroatoms. The van der Waals surface area contributed by atoms with Crippen molar-refractivity contribution in [3.8, 4) is 0 Å². The Morgan fingerprint density at radius 3 is 2.90 bits per heavy atom. The summed E-state index contributed by atoms with van der Waals surface area (Å²) in [6.45, 7) is 3.34. The van der Waals surface area contributed by atoms with Gasteiger partial charge in [-0.15, -0.1) is 11.8 Å². The molecule has 2 aliphatic rings. The van der Waals surface area contributed by atoms with Gasteiger partial charge in [-0.3, -0.25) is 9.59 Å². The first-order valence-corrected chi connectivity index (χ1v) is 8.88. The highest BCUT2D eigenvalue weighted by molar-refractivity contribution is 9.10. The van der Waals surface area contributed by atoms with Crippen molar-refractivity contribution in [2.24, 2.45) is 5.92 Å². The maximum atomic E-state index is 12.6. The SMILES string of the molecule is CC1SCCN1C(=O)C1CC(=O)N(c2cccc(Br)c2)C1. The van der Waals surface area contributed by atoms with Crippen molar-refractivity contribution in [2.45, 2.75) is 18.7 Å². The molecule has 0 aliphatic carbocycles. The van der Waals surface area contributed by atoms with Gasteiger partial charge >= 0.3 is 0 Å². The van der Waals surface area contributed by atoms with E-state index < -0.39 is 0 Å². The molecule has 1 aromatic rings. The average Bonchev–Trinajstić information content (AvgIpc) is 3.04. The zero-order valence-electron chi connectivity index (χ0n) is 11.8. The highest BCUT2D eigenvalue weighted by atomic mass is 79.9. The summed E-state index contributed by atoms with van der Waals surface area (Å²) in [4.78, 5) is 28.4. The molecule has 2 aliphatic heterocycles. The van der Waals surface area contributed by atoms with E-state index in [0.29, 0.717) is 13.0 Å². The summed E-state index contributed by atoms with van der Waals surface area (Å²) in [7, 11) is 0. The number of rotatable bonds is 2. The van der Waals surface area contributed by atoms with Gasteiger partial charge in [-0.2, -0.15) is 0 Å². The van der Waals surface area contributed by atoms with Crippen LogP contribution >= 0.6 is 27.7 Å². The maximum Gasteiger partial charge on any atom is 0.228 e. The van der Waals surface area contributed by atoms with Crippen LogP contribution in [0, 0.1) is 5.92 Å². The number of anilines is 1. The summed E-state index contributed by atoms with van der Waals surface area (Å²) in [5.41, 5.74) is 0.855. The predicted octanol–water partition coefficient (Wildman–Crippen LogP) is 2.72. The molecular weight excluding hydrogens is 352 g/mol. The molecular formula is C15H17BrN2O2S. The van der Waals surface area contributed by atoms with E-state index in [4.69, 9.17) is 0 Å². The van der Waals surface area contributed by atoms with Gasteiger partial charge in [0.15, 0.2) is 0 Å². The second-order valence-electron chi connectivity index (χ2n) is 5.39. The van der Waals surface area contributed by atoms with Crippen molar-refractivity contribution in [1.29, 1.82) is 0 Å². The molecule has 2 heterocycles. The van der Waals surface area contributed by atoms with Crippen molar-refractivity contribution < 1.29 is 9.59 Å². The van der Waals surface area contributed by atoms with Gasteiger partial charge in [-0.1, -0.05) is 22.0 Å². The Bertz CT molecular complexity index is 581. The van der Waals surface area contributed by atoms with Crippen molar-refractivity contribution >= 4 is 45.2 Å². The van der Waals surface area contributed by atoms with Crippen LogP contribution in [0.2, 0.25) is 0 Å². The third kappa shape index (κ3) is 2.97. The number of thioether (sulfide) groups is 1. The number of hydrogen-bond donors (Lipinski definition) is 0. The summed E-state index contributed by atoms with van der Waals surface area (Å²) in [5, 5.41) is 0.229. The third-order valence-corrected chi connectivity index (χ3v) is 5.66. The lowest BCUT2D eigenvalue weighted by atomic mass is 10.1. The molecule has 2 fully saturated rings. The normalized spacial score (nSPS) is 25.7. The van der Waals surface area contributed by atoms with Crippen LogP contribution in [0.3, 0.4) is 0 Å². The zero-order valence-corrected chi connectivity index (χ0v) is 14.2. The molecule has 0 spiro atoms. The summed E-state index contributed by atoms with van der Waals surface area (Å²) >= 11 is 5.21. The smallest absolute Gasteiger partial charge is 0.228 e. The summed E-state index contributed by atoms with van der Waals surface area (Å²) in [6.07, 6.45) is 0.319. The van der Waals surface area contributed by atoms with E-state index >= 15 is 0 Å². The largest absolute Gasteiger partial charge is 0.330 e. The Labute approximate surface area is 137 Å². The van der Waals surface area contributed by atoms with Gasteiger partial charge in [0.25, 0.3) is 0 Å². The van der Waals surface area contributed by atoms with E-state index in [-0.39, 0.29) is 23.1 Å². The highest BCUT2D eigenvalue weighted by Crippen LogP contribution is 2.31. The first kappa shape index (κ1) is 14.9. The second-order valence-corrected chi connectivity index (χ2v) is 7.73. The molecule has 112 valence electrons. The zero-order chi connectivity index (χ0) is 15.0. The van der Waals surface area contributed by atoms with Crippen LogP contribution in [0.1, 0.15) is 13.3 Å². The Morgan fingerprint density at radius 2 is 2.24 bits per heavy atom. The van der Waals surface area contributed by atoms with Gasteiger partial charge in [0, 0.05) is 35.4 Å². The van der Waals surface area contributed by atoms with Crippen LogP contribution in [-0.2, 0) is 9.59 Å². The van der Waals surface area contributed by atoms with Gasteiger partial charge in [-0.05, 0) is 25.1 Å². The van der Waals surface area contributed by atoms with Crippen LogP contribution in [0.15, 0.2) is 28.7 Å². The number of hydrogen-bond acceptors (Lipinski definition) is 3. The molecule has 0 radical (unpaired) electrons. The minimum atomic E-state index is -0.211. The molecule has 3 rings (SSSR count). The molecule has 2 unspecified atom stereocenters. The van der Waals surface area contributed by atoms with E-state index in [2.05, 4.69) is 22.9 Å². The number of amides is 2. The second kappa shape index (κ2) is 6.01. The van der Waals surface area contributed by atoms with Crippen molar-refractivity contribution in [3.63, 3.8) is 0 Å². The summed E-state index contributed by atoms with van der Waals surface area (Å²) < 4.78 is 0.937. The number of nitrogens with zero attached hydrogens (tertiary/aromatic N) is 2. The molecule has 0 saturated carbocycles. The van der Waals surface area contributed by atoms with E-state index in [1.807, 2.05) is 29.2 Å². The predicted molar refractivity (Wildman–Crippen MR) is 88.2 cm³/mol. The molecule has 2 saturated heterocycles. The molecule has 1 aromatic carbocycles. The molecule has 2 amide bonds. The molecule has 0 N–H and O–H groups in total. The summed E-state index contributed by atoms with van der Waals surface area (Å²) in [6, 6.07) is 7.65. The molecule has 4 nitrogen and oxygen atoms in total. The molecule has 0 bridgehead atoms. The van der Waals surface area contributed by atoms with Crippen LogP contribution in [-0.4, -0.2) is 40.9 Å². The first-order valence-electron chi connectivity index (χ1n) is 7.04. The molecule has 21 heavy (non-hydrogen) atoms.